The van der Waals surface area contributed by atoms with Gasteiger partial charge in [-0.15, -0.1) is 0 Å². The number of nitrogens with one attached hydrogen (secondary N) is 1. The number of rotatable bonds is 6. The lowest BCUT2D eigenvalue weighted by Gasteiger charge is -2.38. The van der Waals surface area contributed by atoms with Crippen LogP contribution >= 0.6 is 0 Å². The average molecular weight is 385 g/mol. The summed E-state index contributed by atoms with van der Waals surface area (Å²) >= 11 is 0. The van der Waals surface area contributed by atoms with Crippen molar-refractivity contribution >= 4 is 30.8 Å². The van der Waals surface area contributed by atoms with Gasteiger partial charge in [-0.3, -0.25) is 13.7 Å². The van der Waals surface area contributed by atoms with Crippen LogP contribution in [0.3, 0.4) is 0 Å². The first-order valence-corrected chi connectivity index (χ1v) is 10.1. The summed E-state index contributed by atoms with van der Waals surface area (Å²) in [6, 6.07) is -1.44. The number of hydrogen-bond acceptors (Lipinski definition) is 8. The van der Waals surface area contributed by atoms with E-state index in [1.165, 1.54) is 0 Å². The van der Waals surface area contributed by atoms with Gasteiger partial charge in [-0.25, -0.2) is 4.18 Å². The van der Waals surface area contributed by atoms with Gasteiger partial charge >= 0.3 is 20.7 Å². The monoisotopic (exact) mass is 385 g/mol. The number of aliphatic hydroxyl groups excluding tert-OH is 1. The van der Waals surface area contributed by atoms with E-state index in [9.17, 15) is 30.4 Å². The highest BCUT2D eigenvalue weighted by atomic mass is 32.3. The SMILES string of the molecule is O=S(=O)(O)CC1CCC(NS(=O)(=O)O)[C@H](OS(=O)(=O)O)[C@@H]1O. The molecule has 0 aromatic heterocycles. The number of aliphatic hydroxyl groups is 1. The first-order chi connectivity index (χ1) is 9.68. The summed E-state index contributed by atoms with van der Waals surface area (Å²) in [6.07, 6.45) is -4.09. The Hall–Kier alpha value is -0.390. The maximum absolute atomic E-state index is 10.8. The highest BCUT2D eigenvalue weighted by Crippen LogP contribution is 2.29. The summed E-state index contributed by atoms with van der Waals surface area (Å²) in [5, 5.41) is 9.93. The Morgan fingerprint density at radius 2 is 1.55 bits per heavy atom. The van der Waals surface area contributed by atoms with E-state index in [2.05, 4.69) is 4.18 Å². The second-order valence-corrected chi connectivity index (χ2v) is 8.50. The molecule has 0 aromatic carbocycles. The summed E-state index contributed by atoms with van der Waals surface area (Å²) in [5.41, 5.74) is 0. The Labute approximate surface area is 127 Å². The molecule has 4 atom stereocenters. The second-order valence-electron chi connectivity index (χ2n) is 4.76. The Morgan fingerprint density at radius 1 is 1.00 bits per heavy atom. The van der Waals surface area contributed by atoms with Crippen molar-refractivity contribution in [3.8, 4) is 0 Å². The van der Waals surface area contributed by atoms with Crippen LogP contribution in [0.2, 0.25) is 0 Å². The smallest absolute Gasteiger partial charge is 0.390 e. The van der Waals surface area contributed by atoms with Crippen LogP contribution in [-0.2, 0) is 35.0 Å². The van der Waals surface area contributed by atoms with Crippen molar-refractivity contribution in [1.82, 2.24) is 4.72 Å². The summed E-state index contributed by atoms with van der Waals surface area (Å²) in [7, 11) is -14.4. The van der Waals surface area contributed by atoms with Crippen molar-refractivity contribution in [3.63, 3.8) is 0 Å². The van der Waals surface area contributed by atoms with Crippen molar-refractivity contribution in [2.75, 3.05) is 5.75 Å². The van der Waals surface area contributed by atoms with E-state index < -0.39 is 60.7 Å². The fourth-order valence-corrected chi connectivity index (χ4v) is 4.34. The highest BCUT2D eigenvalue weighted by molar-refractivity contribution is 7.85. The molecule has 132 valence electrons. The fourth-order valence-electron chi connectivity index (χ4n) is 2.27. The maximum atomic E-state index is 10.8. The minimum absolute atomic E-state index is 0.126. The van der Waals surface area contributed by atoms with Gasteiger partial charge in [-0.1, -0.05) is 0 Å². The quantitative estimate of drug-likeness (QED) is 0.304. The molecule has 0 saturated heterocycles. The zero-order valence-corrected chi connectivity index (χ0v) is 13.3. The molecular weight excluding hydrogens is 370 g/mol. The van der Waals surface area contributed by atoms with Crippen LogP contribution in [-0.4, -0.2) is 68.0 Å². The predicted molar refractivity (Wildman–Crippen MR) is 70.0 cm³/mol. The van der Waals surface area contributed by atoms with Crippen LogP contribution in [0.1, 0.15) is 12.8 Å². The van der Waals surface area contributed by atoms with E-state index in [4.69, 9.17) is 13.7 Å². The maximum Gasteiger partial charge on any atom is 0.397 e. The minimum Gasteiger partial charge on any atom is -0.390 e. The van der Waals surface area contributed by atoms with Crippen LogP contribution < -0.4 is 4.72 Å². The lowest BCUT2D eigenvalue weighted by atomic mass is 9.83. The third-order valence-electron chi connectivity index (χ3n) is 3.02. The van der Waals surface area contributed by atoms with Gasteiger partial charge in [0.15, 0.2) is 0 Å². The molecule has 0 heterocycles. The predicted octanol–water partition coefficient (Wildman–Crippen LogP) is -2.41. The van der Waals surface area contributed by atoms with Crippen LogP contribution in [0.25, 0.3) is 0 Å². The summed E-state index contributed by atoms with van der Waals surface area (Å²) < 4.78 is 96.6. The van der Waals surface area contributed by atoms with E-state index in [0.29, 0.717) is 0 Å². The van der Waals surface area contributed by atoms with E-state index in [1.54, 1.807) is 4.72 Å². The first-order valence-electron chi connectivity index (χ1n) is 5.71. The average Bonchev–Trinajstić information content (AvgIpc) is 2.22. The molecule has 2 unspecified atom stereocenters. The standard InChI is InChI=1S/C7H15NO11S3/c9-6-4(3-20(10,11)12)1-2-5(8-21(13,14)15)7(6)19-22(16,17)18/h4-9H,1-3H2,(H,10,11,12)(H,13,14,15)(H,16,17,18)/t4?,5?,6-,7+/m1/s1. The van der Waals surface area contributed by atoms with Gasteiger partial charge in [-0.2, -0.15) is 30.0 Å². The molecule has 0 aliphatic heterocycles. The molecule has 22 heavy (non-hydrogen) atoms. The molecule has 1 aliphatic carbocycles. The molecule has 15 heteroatoms. The molecule has 12 nitrogen and oxygen atoms in total. The van der Waals surface area contributed by atoms with E-state index in [-0.39, 0.29) is 12.8 Å². The van der Waals surface area contributed by atoms with E-state index in [1.807, 2.05) is 0 Å². The molecule has 0 radical (unpaired) electrons. The van der Waals surface area contributed by atoms with Crippen molar-refractivity contribution in [1.29, 1.82) is 0 Å². The van der Waals surface area contributed by atoms with Gasteiger partial charge in [0, 0.05) is 5.92 Å². The zero-order valence-electron chi connectivity index (χ0n) is 10.8. The molecular formula is C7H15NO11S3. The van der Waals surface area contributed by atoms with E-state index >= 15 is 0 Å². The van der Waals surface area contributed by atoms with Crippen LogP contribution in [0.5, 0.6) is 0 Å². The van der Waals surface area contributed by atoms with Gasteiger partial charge in [0.1, 0.15) is 6.10 Å². The molecule has 0 spiro atoms. The van der Waals surface area contributed by atoms with Crippen LogP contribution in [0, 0.1) is 5.92 Å². The topological polar surface area (TPSA) is 205 Å². The van der Waals surface area contributed by atoms with Crippen molar-refractivity contribution in [2.24, 2.45) is 5.92 Å². The zero-order chi connectivity index (χ0) is 17.3. The number of hydrogen-bond donors (Lipinski definition) is 5. The Balaban J connectivity index is 3.04. The van der Waals surface area contributed by atoms with Crippen molar-refractivity contribution in [2.45, 2.75) is 31.1 Å². The molecule has 0 bridgehead atoms. The lowest BCUT2D eigenvalue weighted by Crippen LogP contribution is -2.56. The third-order valence-corrected chi connectivity index (χ3v) is 4.94. The first kappa shape index (κ1) is 19.7. The van der Waals surface area contributed by atoms with Crippen molar-refractivity contribution < 1.29 is 48.2 Å². The van der Waals surface area contributed by atoms with Crippen molar-refractivity contribution in [3.05, 3.63) is 0 Å². The normalized spacial score (nSPS) is 31.1. The summed E-state index contributed by atoms with van der Waals surface area (Å²) in [4.78, 5) is 0. The van der Waals surface area contributed by atoms with Crippen LogP contribution in [0.15, 0.2) is 0 Å². The molecule has 1 rings (SSSR count). The molecule has 1 aliphatic rings. The second kappa shape index (κ2) is 6.62. The van der Waals surface area contributed by atoms with Gasteiger partial charge in [-0.05, 0) is 12.8 Å². The lowest BCUT2D eigenvalue weighted by molar-refractivity contribution is -0.0405. The van der Waals surface area contributed by atoms with E-state index in [0.717, 1.165) is 0 Å². The highest BCUT2D eigenvalue weighted by Gasteiger charge is 2.44. The largest absolute Gasteiger partial charge is 0.397 e. The third kappa shape index (κ3) is 6.80. The fraction of sp³-hybridized carbons (Fsp3) is 1.00. The van der Waals surface area contributed by atoms with Gasteiger partial charge in [0.05, 0.1) is 17.9 Å². The van der Waals surface area contributed by atoms with Gasteiger partial charge < -0.3 is 5.11 Å². The molecule has 5 N–H and O–H groups in total. The van der Waals surface area contributed by atoms with Gasteiger partial charge in [0.25, 0.3) is 10.1 Å². The molecule has 0 amide bonds. The Morgan fingerprint density at radius 3 is 1.95 bits per heavy atom. The van der Waals surface area contributed by atoms with Crippen LogP contribution in [0.4, 0.5) is 0 Å². The minimum atomic E-state index is -5.10. The molecule has 1 fully saturated rings. The van der Waals surface area contributed by atoms with Gasteiger partial charge in [0.2, 0.25) is 0 Å². The Bertz CT molecular complexity index is 696. The summed E-state index contributed by atoms with van der Waals surface area (Å²) in [5.74, 6) is -2.08. The summed E-state index contributed by atoms with van der Waals surface area (Å²) in [6.45, 7) is 0. The Kier molecular flexibility index (Phi) is 5.91. The molecule has 0 aromatic rings. The molecule has 1 saturated carbocycles.